The predicted molar refractivity (Wildman–Crippen MR) is 55.1 cm³/mol. The minimum atomic E-state index is -0.287. The van der Waals surface area contributed by atoms with Crippen molar-refractivity contribution in [2.75, 3.05) is 14.1 Å². The first-order valence-corrected chi connectivity index (χ1v) is 4.50. The Bertz CT molecular complexity index is 304. The molecule has 0 saturated heterocycles. The maximum Gasteiger partial charge on any atom is 0.308 e. The van der Waals surface area contributed by atoms with Gasteiger partial charge in [-0.3, -0.25) is 4.79 Å². The van der Waals surface area contributed by atoms with Gasteiger partial charge >= 0.3 is 5.97 Å². The van der Waals surface area contributed by atoms with Crippen molar-refractivity contribution in [2.45, 2.75) is 13.5 Å². The van der Waals surface area contributed by atoms with Crippen LogP contribution in [0.25, 0.3) is 0 Å². The lowest BCUT2D eigenvalue weighted by Gasteiger charge is -2.09. The molecule has 0 aliphatic carbocycles. The van der Waals surface area contributed by atoms with E-state index in [9.17, 15) is 4.79 Å². The average molecular weight is 193 g/mol. The Morgan fingerprint density at radius 2 is 1.86 bits per heavy atom. The number of nitrogens with zero attached hydrogens (tertiary/aromatic N) is 1. The summed E-state index contributed by atoms with van der Waals surface area (Å²) >= 11 is 0. The summed E-state index contributed by atoms with van der Waals surface area (Å²) in [6, 6.07) is 7.52. The van der Waals surface area contributed by atoms with E-state index < -0.39 is 0 Å². The van der Waals surface area contributed by atoms with E-state index in [4.69, 9.17) is 4.74 Å². The molecule has 0 N–H and O–H groups in total. The van der Waals surface area contributed by atoms with Gasteiger partial charge in [0.1, 0.15) is 5.75 Å². The summed E-state index contributed by atoms with van der Waals surface area (Å²) in [5.74, 6) is 0.311. The highest BCUT2D eigenvalue weighted by Gasteiger charge is 1.98. The number of carbonyl (C=O) groups is 1. The second-order valence-electron chi connectivity index (χ2n) is 3.48. The molecule has 0 amide bonds. The van der Waals surface area contributed by atoms with Crippen LogP contribution in [-0.2, 0) is 11.3 Å². The van der Waals surface area contributed by atoms with E-state index in [1.165, 1.54) is 12.5 Å². The topological polar surface area (TPSA) is 29.5 Å². The molecule has 3 nitrogen and oxygen atoms in total. The third-order valence-electron chi connectivity index (χ3n) is 1.68. The van der Waals surface area contributed by atoms with Crippen molar-refractivity contribution in [2.24, 2.45) is 0 Å². The SMILES string of the molecule is CC(=O)Oc1ccc(CN(C)C)cc1. The molecule has 0 radical (unpaired) electrons. The number of hydrogen-bond acceptors (Lipinski definition) is 3. The summed E-state index contributed by atoms with van der Waals surface area (Å²) in [6.07, 6.45) is 0. The number of ether oxygens (including phenoxy) is 1. The number of carbonyl (C=O) groups excluding carboxylic acids is 1. The summed E-state index contributed by atoms with van der Waals surface area (Å²) in [5, 5.41) is 0. The minimum Gasteiger partial charge on any atom is -0.427 e. The molecular weight excluding hydrogens is 178 g/mol. The van der Waals surface area contributed by atoms with E-state index in [-0.39, 0.29) is 5.97 Å². The molecule has 0 spiro atoms. The highest BCUT2D eigenvalue weighted by atomic mass is 16.5. The fourth-order valence-corrected chi connectivity index (χ4v) is 1.19. The van der Waals surface area contributed by atoms with Crippen LogP contribution in [0.15, 0.2) is 24.3 Å². The molecule has 1 aromatic rings. The first kappa shape index (κ1) is 10.7. The van der Waals surface area contributed by atoms with Crippen molar-refractivity contribution in [1.82, 2.24) is 4.90 Å². The molecule has 14 heavy (non-hydrogen) atoms. The quantitative estimate of drug-likeness (QED) is 0.540. The minimum absolute atomic E-state index is 0.287. The van der Waals surface area contributed by atoms with E-state index >= 15 is 0 Å². The lowest BCUT2D eigenvalue weighted by Crippen LogP contribution is -2.10. The number of rotatable bonds is 3. The smallest absolute Gasteiger partial charge is 0.308 e. The fraction of sp³-hybridized carbons (Fsp3) is 0.364. The Labute approximate surface area is 84.3 Å². The summed E-state index contributed by atoms with van der Waals surface area (Å²) in [5.41, 5.74) is 1.20. The van der Waals surface area contributed by atoms with Gasteiger partial charge in [-0.05, 0) is 31.8 Å². The normalized spacial score (nSPS) is 10.3. The fourth-order valence-electron chi connectivity index (χ4n) is 1.19. The summed E-state index contributed by atoms with van der Waals surface area (Å²) in [4.78, 5) is 12.7. The van der Waals surface area contributed by atoms with Crippen LogP contribution in [0.4, 0.5) is 0 Å². The van der Waals surface area contributed by atoms with Crippen LogP contribution in [0.5, 0.6) is 5.75 Å². The van der Waals surface area contributed by atoms with Gasteiger partial charge in [0.2, 0.25) is 0 Å². The first-order chi connectivity index (χ1) is 6.58. The van der Waals surface area contributed by atoms with Gasteiger partial charge < -0.3 is 9.64 Å². The molecule has 0 bridgehead atoms. The molecule has 76 valence electrons. The van der Waals surface area contributed by atoms with E-state index in [0.29, 0.717) is 5.75 Å². The lowest BCUT2D eigenvalue weighted by atomic mass is 10.2. The second kappa shape index (κ2) is 4.77. The number of hydrogen-bond donors (Lipinski definition) is 0. The Morgan fingerprint density at radius 3 is 2.29 bits per heavy atom. The molecule has 0 unspecified atom stereocenters. The van der Waals surface area contributed by atoms with Gasteiger partial charge in [-0.1, -0.05) is 12.1 Å². The Kier molecular flexibility index (Phi) is 3.65. The molecule has 0 saturated carbocycles. The number of esters is 1. The third kappa shape index (κ3) is 3.58. The van der Waals surface area contributed by atoms with Crippen LogP contribution in [0.1, 0.15) is 12.5 Å². The maximum absolute atomic E-state index is 10.6. The zero-order valence-electron chi connectivity index (χ0n) is 8.78. The third-order valence-corrected chi connectivity index (χ3v) is 1.68. The monoisotopic (exact) mass is 193 g/mol. The highest BCUT2D eigenvalue weighted by Crippen LogP contribution is 2.12. The Balaban J connectivity index is 2.63. The molecule has 0 fully saturated rings. The van der Waals surface area contributed by atoms with E-state index in [1.807, 2.05) is 26.2 Å². The zero-order chi connectivity index (χ0) is 10.6. The zero-order valence-corrected chi connectivity index (χ0v) is 8.78. The van der Waals surface area contributed by atoms with Crippen LogP contribution >= 0.6 is 0 Å². The van der Waals surface area contributed by atoms with Gasteiger partial charge in [0.05, 0.1) is 0 Å². The van der Waals surface area contributed by atoms with Crippen molar-refractivity contribution in [3.63, 3.8) is 0 Å². The van der Waals surface area contributed by atoms with E-state index in [0.717, 1.165) is 6.54 Å². The largest absolute Gasteiger partial charge is 0.427 e. The van der Waals surface area contributed by atoms with Crippen LogP contribution in [-0.4, -0.2) is 25.0 Å². The summed E-state index contributed by atoms with van der Waals surface area (Å²) < 4.78 is 4.92. The van der Waals surface area contributed by atoms with Crippen LogP contribution < -0.4 is 4.74 Å². The van der Waals surface area contributed by atoms with Gasteiger partial charge in [0.25, 0.3) is 0 Å². The molecule has 0 aliphatic heterocycles. The van der Waals surface area contributed by atoms with Crippen molar-refractivity contribution in [3.05, 3.63) is 29.8 Å². The average Bonchev–Trinajstić information content (AvgIpc) is 2.06. The molecule has 0 atom stereocenters. The lowest BCUT2D eigenvalue weighted by molar-refractivity contribution is -0.131. The second-order valence-corrected chi connectivity index (χ2v) is 3.48. The van der Waals surface area contributed by atoms with Crippen molar-refractivity contribution in [1.29, 1.82) is 0 Å². The summed E-state index contributed by atoms with van der Waals surface area (Å²) in [7, 11) is 4.03. The molecule has 3 heteroatoms. The molecule has 1 aromatic carbocycles. The van der Waals surface area contributed by atoms with E-state index in [2.05, 4.69) is 4.90 Å². The van der Waals surface area contributed by atoms with Gasteiger partial charge in [0.15, 0.2) is 0 Å². The van der Waals surface area contributed by atoms with Crippen LogP contribution in [0.3, 0.4) is 0 Å². The highest BCUT2D eigenvalue weighted by molar-refractivity contribution is 5.69. The molecule has 0 aliphatic rings. The molecule has 1 rings (SSSR count). The van der Waals surface area contributed by atoms with Gasteiger partial charge in [-0.15, -0.1) is 0 Å². The molecular formula is C11H15NO2. The van der Waals surface area contributed by atoms with Crippen LogP contribution in [0.2, 0.25) is 0 Å². The Hall–Kier alpha value is -1.35. The van der Waals surface area contributed by atoms with Crippen LogP contribution in [0, 0.1) is 0 Å². The Morgan fingerprint density at radius 1 is 1.29 bits per heavy atom. The molecule has 0 heterocycles. The standard InChI is InChI=1S/C11H15NO2/c1-9(13)14-11-6-4-10(5-7-11)8-12(2)3/h4-7H,8H2,1-3H3. The molecule has 0 aromatic heterocycles. The maximum atomic E-state index is 10.6. The van der Waals surface area contributed by atoms with Crippen molar-refractivity contribution < 1.29 is 9.53 Å². The van der Waals surface area contributed by atoms with Gasteiger partial charge in [-0.2, -0.15) is 0 Å². The van der Waals surface area contributed by atoms with E-state index in [1.54, 1.807) is 12.1 Å². The predicted octanol–water partition coefficient (Wildman–Crippen LogP) is 1.67. The van der Waals surface area contributed by atoms with Gasteiger partial charge in [0, 0.05) is 13.5 Å². The van der Waals surface area contributed by atoms with Crippen molar-refractivity contribution >= 4 is 5.97 Å². The first-order valence-electron chi connectivity index (χ1n) is 4.50. The summed E-state index contributed by atoms with van der Waals surface area (Å²) in [6.45, 7) is 2.29. The van der Waals surface area contributed by atoms with Crippen molar-refractivity contribution in [3.8, 4) is 5.75 Å². The number of benzene rings is 1. The van der Waals surface area contributed by atoms with Gasteiger partial charge in [-0.25, -0.2) is 0 Å².